The van der Waals surface area contributed by atoms with E-state index in [2.05, 4.69) is 15.3 Å². The molecular weight excluding hydrogens is 427 g/mol. The van der Waals surface area contributed by atoms with Crippen LogP contribution in [0.2, 0.25) is 0 Å². The second-order valence-corrected chi connectivity index (χ2v) is 8.28. The summed E-state index contributed by atoms with van der Waals surface area (Å²) in [7, 11) is 0. The predicted octanol–water partition coefficient (Wildman–Crippen LogP) is 5.34. The van der Waals surface area contributed by atoms with Gasteiger partial charge in [-0.2, -0.15) is 13.2 Å². The first-order valence-electron chi connectivity index (χ1n) is 9.51. The maximum absolute atomic E-state index is 12.9. The number of alkyl halides is 3. The number of carbonyl (C=O) groups is 1. The fourth-order valence-corrected chi connectivity index (χ4v) is 4.17. The maximum Gasteiger partial charge on any atom is 0.416 e. The van der Waals surface area contributed by atoms with E-state index in [0.29, 0.717) is 17.0 Å². The Hall–Kier alpha value is -3.07. The molecule has 0 spiro atoms. The lowest BCUT2D eigenvalue weighted by atomic mass is 10.00. The molecule has 160 valence electrons. The Kier molecular flexibility index (Phi) is 5.86. The Bertz CT molecular complexity index is 1140. The average molecular weight is 445 g/mol. The van der Waals surface area contributed by atoms with Gasteiger partial charge in [-0.15, -0.1) is 0 Å². The molecule has 0 radical (unpaired) electrons. The van der Waals surface area contributed by atoms with Crippen molar-refractivity contribution in [2.45, 2.75) is 24.0 Å². The summed E-state index contributed by atoms with van der Waals surface area (Å²) in [5.41, 5.74) is -0.142. The van der Waals surface area contributed by atoms with Gasteiger partial charge in [0, 0.05) is 34.1 Å². The van der Waals surface area contributed by atoms with Gasteiger partial charge in [-0.3, -0.25) is 14.8 Å². The van der Waals surface area contributed by atoms with E-state index in [4.69, 9.17) is 4.42 Å². The van der Waals surface area contributed by atoms with Crippen LogP contribution in [0.4, 0.5) is 13.2 Å². The quantitative estimate of drug-likeness (QED) is 0.576. The number of dihydropyridines is 1. The van der Waals surface area contributed by atoms with Crippen LogP contribution >= 0.6 is 11.8 Å². The number of halogens is 3. The number of amides is 1. The van der Waals surface area contributed by atoms with E-state index in [1.54, 1.807) is 36.8 Å². The molecule has 1 aliphatic heterocycles. The minimum atomic E-state index is -4.38. The Labute approximate surface area is 180 Å². The first-order chi connectivity index (χ1) is 14.8. The number of aliphatic imine (C=N–C) groups is 1. The van der Waals surface area contributed by atoms with Crippen LogP contribution in [0.15, 0.2) is 74.1 Å². The molecule has 0 saturated heterocycles. The lowest BCUT2D eigenvalue weighted by Crippen LogP contribution is -2.35. The summed E-state index contributed by atoms with van der Waals surface area (Å²) in [6.45, 7) is 2.26. The van der Waals surface area contributed by atoms with Crippen molar-refractivity contribution in [2.75, 3.05) is 6.54 Å². The molecule has 31 heavy (non-hydrogen) atoms. The Morgan fingerprint density at radius 1 is 1.26 bits per heavy atom. The van der Waals surface area contributed by atoms with Crippen LogP contribution in [0.1, 0.15) is 23.0 Å². The number of fused-ring (bicyclic) bond motifs is 1. The molecule has 1 N–H and O–H groups in total. The van der Waals surface area contributed by atoms with Crippen LogP contribution < -0.4 is 5.32 Å². The van der Waals surface area contributed by atoms with E-state index in [1.165, 1.54) is 17.8 Å². The molecule has 2 unspecified atom stereocenters. The van der Waals surface area contributed by atoms with Gasteiger partial charge in [0.15, 0.2) is 11.3 Å². The molecule has 3 aromatic rings. The predicted molar refractivity (Wildman–Crippen MR) is 113 cm³/mol. The monoisotopic (exact) mass is 445 g/mol. The lowest BCUT2D eigenvalue weighted by molar-refractivity contribution is -0.137. The normalized spacial score (nSPS) is 18.8. The zero-order valence-corrected chi connectivity index (χ0v) is 17.2. The van der Waals surface area contributed by atoms with E-state index >= 15 is 0 Å². The van der Waals surface area contributed by atoms with Gasteiger partial charge in [0.25, 0.3) is 5.91 Å². The number of carbonyl (C=O) groups excluding carboxylic acids is 1. The van der Waals surface area contributed by atoms with Crippen LogP contribution in [0.5, 0.6) is 0 Å². The van der Waals surface area contributed by atoms with Crippen molar-refractivity contribution in [3.05, 3.63) is 71.1 Å². The molecule has 5 nitrogen and oxygen atoms in total. The number of pyridine rings is 1. The van der Waals surface area contributed by atoms with Crippen molar-refractivity contribution in [1.29, 1.82) is 0 Å². The summed E-state index contributed by atoms with van der Waals surface area (Å²) in [4.78, 5) is 22.1. The fraction of sp³-hybridized carbons (Fsp3) is 0.227. The highest BCUT2D eigenvalue weighted by atomic mass is 32.2. The SMILES string of the molecule is CC1C=C(Sc2cccc(C(F)(F)F)c2)C=NC1CNC(=O)c1cc2ccncc2o1. The van der Waals surface area contributed by atoms with Crippen LogP contribution in [0, 0.1) is 5.92 Å². The van der Waals surface area contributed by atoms with Crippen LogP contribution in [-0.4, -0.2) is 29.7 Å². The van der Waals surface area contributed by atoms with Gasteiger partial charge in [0.2, 0.25) is 0 Å². The van der Waals surface area contributed by atoms with Crippen LogP contribution in [0.3, 0.4) is 0 Å². The number of thioether (sulfide) groups is 1. The standard InChI is InChI=1S/C22H18F3N3O2S/c1-13-7-17(31-16-4-2-3-15(9-16)22(23,24)25)10-27-18(13)11-28-21(29)19-8-14-5-6-26-12-20(14)30-19/h2-10,12-13,18H,11H2,1H3,(H,28,29). The molecule has 4 rings (SSSR count). The topological polar surface area (TPSA) is 67.5 Å². The van der Waals surface area contributed by atoms with E-state index < -0.39 is 11.7 Å². The van der Waals surface area contributed by atoms with Gasteiger partial charge in [-0.1, -0.05) is 30.8 Å². The number of hydrogen-bond acceptors (Lipinski definition) is 5. The van der Waals surface area contributed by atoms with Gasteiger partial charge < -0.3 is 9.73 Å². The second-order valence-electron chi connectivity index (χ2n) is 7.14. The third-order valence-corrected chi connectivity index (χ3v) is 5.81. The molecular formula is C22H18F3N3O2S. The molecule has 0 bridgehead atoms. The van der Waals surface area contributed by atoms with Crippen molar-refractivity contribution in [3.8, 4) is 0 Å². The van der Waals surface area contributed by atoms with Crippen molar-refractivity contribution in [3.63, 3.8) is 0 Å². The van der Waals surface area contributed by atoms with Gasteiger partial charge in [0.1, 0.15) is 0 Å². The van der Waals surface area contributed by atoms with E-state index in [-0.39, 0.29) is 23.6 Å². The van der Waals surface area contributed by atoms with Crippen molar-refractivity contribution < 1.29 is 22.4 Å². The second kappa shape index (κ2) is 8.58. The summed E-state index contributed by atoms with van der Waals surface area (Å²) in [6, 6.07) is 8.43. The number of nitrogens with zero attached hydrogens (tertiary/aromatic N) is 2. The number of allylic oxidation sites excluding steroid dienone is 1. The highest BCUT2D eigenvalue weighted by molar-refractivity contribution is 8.04. The van der Waals surface area contributed by atoms with Crippen molar-refractivity contribution >= 4 is 34.9 Å². The smallest absolute Gasteiger partial charge is 0.416 e. The highest BCUT2D eigenvalue weighted by Crippen LogP contribution is 2.35. The molecule has 1 amide bonds. The summed E-state index contributed by atoms with van der Waals surface area (Å²) < 4.78 is 44.2. The molecule has 3 heterocycles. The third kappa shape index (κ3) is 4.99. The van der Waals surface area contributed by atoms with Gasteiger partial charge >= 0.3 is 6.18 Å². The van der Waals surface area contributed by atoms with Gasteiger partial charge in [-0.25, -0.2) is 0 Å². The molecule has 9 heteroatoms. The average Bonchev–Trinajstić information content (AvgIpc) is 3.17. The number of furan rings is 1. The van der Waals surface area contributed by atoms with Crippen molar-refractivity contribution in [2.24, 2.45) is 10.9 Å². The summed E-state index contributed by atoms with van der Waals surface area (Å²) in [5.74, 6) is -0.142. The van der Waals surface area contributed by atoms with Gasteiger partial charge in [0.05, 0.1) is 17.8 Å². The number of hydrogen-bond donors (Lipinski definition) is 1. The maximum atomic E-state index is 12.9. The molecule has 0 fully saturated rings. The van der Waals surface area contributed by atoms with Crippen LogP contribution in [0.25, 0.3) is 11.0 Å². The Morgan fingerprint density at radius 2 is 2.10 bits per heavy atom. The molecule has 0 aliphatic carbocycles. The molecule has 1 aromatic carbocycles. The Balaban J connectivity index is 1.35. The molecule has 0 saturated carbocycles. The van der Waals surface area contributed by atoms with E-state index in [0.717, 1.165) is 22.4 Å². The Morgan fingerprint density at radius 3 is 2.84 bits per heavy atom. The number of benzene rings is 1. The first kappa shape index (κ1) is 21.2. The van der Waals surface area contributed by atoms with Crippen LogP contribution in [-0.2, 0) is 6.18 Å². The van der Waals surface area contributed by atoms with Crippen molar-refractivity contribution in [1.82, 2.24) is 10.3 Å². The fourth-order valence-electron chi connectivity index (χ4n) is 3.17. The number of nitrogens with one attached hydrogen (secondary N) is 1. The zero-order chi connectivity index (χ0) is 22.0. The number of aromatic nitrogens is 1. The zero-order valence-electron chi connectivity index (χ0n) is 16.4. The summed E-state index contributed by atoms with van der Waals surface area (Å²) >= 11 is 1.23. The minimum Gasteiger partial charge on any atom is -0.449 e. The van der Waals surface area contributed by atoms with E-state index in [1.807, 2.05) is 13.0 Å². The largest absolute Gasteiger partial charge is 0.449 e. The highest BCUT2D eigenvalue weighted by Gasteiger charge is 2.30. The molecule has 2 aromatic heterocycles. The molecule has 2 atom stereocenters. The lowest BCUT2D eigenvalue weighted by Gasteiger charge is -2.22. The third-order valence-electron chi connectivity index (χ3n) is 4.84. The molecule has 1 aliphatic rings. The summed E-state index contributed by atoms with van der Waals surface area (Å²) in [6.07, 6.45) is 2.38. The first-order valence-corrected chi connectivity index (χ1v) is 10.3. The van der Waals surface area contributed by atoms with Gasteiger partial charge in [-0.05, 0) is 36.2 Å². The summed E-state index contributed by atoms with van der Waals surface area (Å²) in [5, 5.41) is 3.62. The minimum absolute atomic E-state index is 0.00141. The van der Waals surface area contributed by atoms with E-state index in [9.17, 15) is 18.0 Å². The number of rotatable bonds is 5.